The second kappa shape index (κ2) is 33.7. The third-order valence-electron chi connectivity index (χ3n) is 8.49. The van der Waals surface area contributed by atoms with Crippen LogP contribution in [0.15, 0.2) is 24.3 Å². The number of aliphatic hydroxyl groups excluding tert-OH is 3. The lowest BCUT2D eigenvalue weighted by Crippen LogP contribution is -2.45. The molecule has 0 spiro atoms. The third-order valence-corrected chi connectivity index (χ3v) is 8.49. The van der Waals surface area contributed by atoms with Gasteiger partial charge >= 0.3 is 0 Å². The van der Waals surface area contributed by atoms with Crippen LogP contribution in [0, 0.1) is 0 Å². The molecule has 0 saturated carbocycles. The number of nitrogens with one attached hydrogen (secondary N) is 1. The van der Waals surface area contributed by atoms with Crippen molar-refractivity contribution < 1.29 is 20.1 Å². The van der Waals surface area contributed by atoms with Gasteiger partial charge in [0.25, 0.3) is 0 Å². The molecule has 0 aliphatic rings. The molecule has 0 fully saturated rings. The Labute approximate surface area is 267 Å². The van der Waals surface area contributed by atoms with Gasteiger partial charge in [0, 0.05) is 0 Å². The topological polar surface area (TPSA) is 89.8 Å². The lowest BCUT2D eigenvalue weighted by Gasteiger charge is -2.21. The first-order valence-corrected chi connectivity index (χ1v) is 18.6. The fourth-order valence-corrected chi connectivity index (χ4v) is 5.59. The Hall–Kier alpha value is -1.17. The summed E-state index contributed by atoms with van der Waals surface area (Å²) in [6.45, 7) is 4.15. The van der Waals surface area contributed by atoms with Crippen LogP contribution in [0.4, 0.5) is 0 Å². The van der Waals surface area contributed by atoms with Crippen LogP contribution in [0.2, 0.25) is 0 Å². The molecule has 5 heteroatoms. The molecule has 4 N–H and O–H groups in total. The first kappa shape index (κ1) is 41.8. The SMILES string of the molecule is CCCCCCCCCCCCCCCCC/C=C/CC/C=C/C(O)C(CO)NC(=O)CC(O)CCCCCCCCC. The Morgan fingerprint density at radius 1 is 0.581 bits per heavy atom. The highest BCUT2D eigenvalue weighted by Gasteiger charge is 2.20. The van der Waals surface area contributed by atoms with Gasteiger partial charge in [-0.2, -0.15) is 0 Å². The van der Waals surface area contributed by atoms with E-state index in [4.69, 9.17) is 0 Å². The molecular weight excluding hydrogens is 534 g/mol. The van der Waals surface area contributed by atoms with Crippen molar-refractivity contribution in [2.24, 2.45) is 0 Å². The molecule has 0 aliphatic heterocycles. The zero-order valence-corrected chi connectivity index (χ0v) is 28.6. The summed E-state index contributed by atoms with van der Waals surface area (Å²) >= 11 is 0. The highest BCUT2D eigenvalue weighted by Crippen LogP contribution is 2.14. The first-order chi connectivity index (χ1) is 21.0. The minimum Gasteiger partial charge on any atom is -0.394 e. The molecule has 5 nitrogen and oxygen atoms in total. The van der Waals surface area contributed by atoms with Crippen molar-refractivity contribution in [1.29, 1.82) is 0 Å². The molecule has 0 rings (SSSR count). The average molecular weight is 608 g/mol. The van der Waals surface area contributed by atoms with Crippen LogP contribution in [0.5, 0.6) is 0 Å². The summed E-state index contributed by atoms with van der Waals surface area (Å²) in [5.74, 6) is -0.330. The predicted octanol–water partition coefficient (Wildman–Crippen LogP) is 9.87. The van der Waals surface area contributed by atoms with Gasteiger partial charge in [-0.3, -0.25) is 4.79 Å². The molecule has 254 valence electrons. The van der Waals surface area contributed by atoms with E-state index in [2.05, 4.69) is 31.3 Å². The number of carbonyl (C=O) groups excluding carboxylic acids is 1. The maximum absolute atomic E-state index is 12.3. The van der Waals surface area contributed by atoms with Crippen molar-refractivity contribution >= 4 is 5.91 Å². The van der Waals surface area contributed by atoms with E-state index in [-0.39, 0.29) is 18.9 Å². The fourth-order valence-electron chi connectivity index (χ4n) is 5.59. The Morgan fingerprint density at radius 3 is 1.49 bits per heavy atom. The second-order valence-corrected chi connectivity index (χ2v) is 12.8. The molecule has 0 aromatic rings. The number of unbranched alkanes of at least 4 members (excludes halogenated alkanes) is 22. The van der Waals surface area contributed by atoms with Crippen LogP contribution >= 0.6 is 0 Å². The van der Waals surface area contributed by atoms with E-state index in [1.54, 1.807) is 6.08 Å². The summed E-state index contributed by atoms with van der Waals surface area (Å²) in [6, 6.07) is -0.754. The number of rotatable bonds is 33. The van der Waals surface area contributed by atoms with Gasteiger partial charge in [-0.05, 0) is 32.1 Å². The maximum atomic E-state index is 12.3. The summed E-state index contributed by atoms with van der Waals surface area (Å²) in [5, 5.41) is 32.8. The number of carbonyl (C=O) groups is 1. The normalized spacial score (nSPS) is 14.1. The van der Waals surface area contributed by atoms with Gasteiger partial charge in [0.05, 0.1) is 31.3 Å². The number of aliphatic hydroxyl groups is 3. The zero-order chi connectivity index (χ0) is 31.6. The Bertz CT molecular complexity index is 635. The molecule has 0 aromatic heterocycles. The predicted molar refractivity (Wildman–Crippen MR) is 185 cm³/mol. The molecule has 0 radical (unpaired) electrons. The lowest BCUT2D eigenvalue weighted by atomic mass is 10.0. The molecule has 0 saturated heterocycles. The molecule has 0 bridgehead atoms. The van der Waals surface area contributed by atoms with Crippen LogP contribution < -0.4 is 5.32 Å². The average Bonchev–Trinajstić information content (AvgIpc) is 3.00. The van der Waals surface area contributed by atoms with Crippen molar-refractivity contribution in [3.8, 4) is 0 Å². The molecule has 0 heterocycles. The van der Waals surface area contributed by atoms with E-state index in [9.17, 15) is 20.1 Å². The van der Waals surface area contributed by atoms with Gasteiger partial charge in [0.15, 0.2) is 0 Å². The summed E-state index contributed by atoms with van der Waals surface area (Å²) in [6.07, 6.45) is 39.0. The zero-order valence-electron chi connectivity index (χ0n) is 28.6. The monoisotopic (exact) mass is 608 g/mol. The molecule has 3 atom stereocenters. The quantitative estimate of drug-likeness (QED) is 0.0441. The molecule has 3 unspecified atom stereocenters. The third kappa shape index (κ3) is 30.6. The largest absolute Gasteiger partial charge is 0.394 e. The molecular formula is C38H73NO4. The van der Waals surface area contributed by atoms with E-state index < -0.39 is 18.2 Å². The van der Waals surface area contributed by atoms with E-state index in [0.717, 1.165) is 32.1 Å². The first-order valence-electron chi connectivity index (χ1n) is 18.6. The van der Waals surface area contributed by atoms with Crippen LogP contribution in [-0.2, 0) is 4.79 Å². The lowest BCUT2D eigenvalue weighted by molar-refractivity contribution is -0.124. The van der Waals surface area contributed by atoms with E-state index >= 15 is 0 Å². The summed E-state index contributed by atoms with van der Waals surface area (Å²) in [5.41, 5.74) is 0. The minimum atomic E-state index is -0.946. The number of allylic oxidation sites excluding steroid dienone is 3. The summed E-state index contributed by atoms with van der Waals surface area (Å²) < 4.78 is 0. The Morgan fingerprint density at radius 2 is 1.00 bits per heavy atom. The fraction of sp³-hybridized carbons (Fsp3) is 0.868. The van der Waals surface area contributed by atoms with Gasteiger partial charge in [-0.1, -0.05) is 173 Å². The van der Waals surface area contributed by atoms with E-state index in [1.807, 2.05) is 6.08 Å². The van der Waals surface area contributed by atoms with Gasteiger partial charge < -0.3 is 20.6 Å². The number of amides is 1. The van der Waals surface area contributed by atoms with Gasteiger partial charge in [-0.25, -0.2) is 0 Å². The van der Waals surface area contributed by atoms with Crippen LogP contribution in [-0.4, -0.2) is 46.1 Å². The van der Waals surface area contributed by atoms with Gasteiger partial charge in [0.2, 0.25) is 5.91 Å². The molecule has 0 aliphatic carbocycles. The van der Waals surface area contributed by atoms with Crippen LogP contribution in [0.1, 0.15) is 187 Å². The van der Waals surface area contributed by atoms with E-state index in [0.29, 0.717) is 6.42 Å². The van der Waals surface area contributed by atoms with Gasteiger partial charge in [0.1, 0.15) is 0 Å². The Kier molecular flexibility index (Phi) is 32.8. The molecule has 0 aromatic carbocycles. The van der Waals surface area contributed by atoms with Crippen molar-refractivity contribution in [3.63, 3.8) is 0 Å². The van der Waals surface area contributed by atoms with Gasteiger partial charge in [-0.15, -0.1) is 0 Å². The molecule has 43 heavy (non-hydrogen) atoms. The highest BCUT2D eigenvalue weighted by atomic mass is 16.3. The summed E-state index contributed by atoms with van der Waals surface area (Å²) in [7, 11) is 0. The van der Waals surface area contributed by atoms with E-state index in [1.165, 1.54) is 128 Å². The number of hydrogen-bond donors (Lipinski definition) is 4. The maximum Gasteiger partial charge on any atom is 0.222 e. The van der Waals surface area contributed by atoms with Crippen molar-refractivity contribution in [1.82, 2.24) is 5.32 Å². The molecule has 1 amide bonds. The number of hydrogen-bond acceptors (Lipinski definition) is 4. The highest BCUT2D eigenvalue weighted by molar-refractivity contribution is 5.76. The van der Waals surface area contributed by atoms with Crippen molar-refractivity contribution in [2.75, 3.05) is 6.61 Å². The summed E-state index contributed by atoms with van der Waals surface area (Å²) in [4.78, 5) is 12.3. The van der Waals surface area contributed by atoms with Crippen molar-refractivity contribution in [2.45, 2.75) is 205 Å². The van der Waals surface area contributed by atoms with Crippen molar-refractivity contribution in [3.05, 3.63) is 24.3 Å². The second-order valence-electron chi connectivity index (χ2n) is 12.8. The standard InChI is InChI=1S/C38H73NO4/c1-3-5-7-9-11-12-13-14-15-16-17-18-19-20-21-22-23-24-26-28-30-32-37(42)36(34-40)39-38(43)33-35(41)31-29-27-25-10-8-6-4-2/h23-24,30,32,35-37,40-42H,3-22,25-29,31,33-34H2,1-2H3,(H,39,43)/b24-23+,32-30+. The van der Waals surface area contributed by atoms with Crippen LogP contribution in [0.3, 0.4) is 0 Å². The van der Waals surface area contributed by atoms with Crippen LogP contribution in [0.25, 0.3) is 0 Å². The Balaban J connectivity index is 3.70. The minimum absolute atomic E-state index is 0.00687. The smallest absolute Gasteiger partial charge is 0.222 e.